The number of aliphatic hydroxyl groups excluding tert-OH is 1. The number of aliphatic hydroxyl groups is 1. The lowest BCUT2D eigenvalue weighted by molar-refractivity contribution is 0.0945. The fourth-order valence-electron chi connectivity index (χ4n) is 2.25. The van der Waals surface area contributed by atoms with Gasteiger partial charge in [-0.25, -0.2) is 4.98 Å². The van der Waals surface area contributed by atoms with Gasteiger partial charge in [0.15, 0.2) is 0 Å². The minimum absolute atomic E-state index is 0.107. The van der Waals surface area contributed by atoms with Crippen LogP contribution in [-0.2, 0) is 0 Å². The van der Waals surface area contributed by atoms with Crippen LogP contribution < -0.4 is 10.6 Å². The summed E-state index contributed by atoms with van der Waals surface area (Å²) in [5.41, 5.74) is 2.92. The SMILES string of the molecule is Cc1ccc(C(=O)NCCO)c(Nc2ccc3cn[nH]c3c2)n1. The Morgan fingerprint density at radius 2 is 2.17 bits per heavy atom. The fourth-order valence-corrected chi connectivity index (χ4v) is 2.25. The molecule has 0 unspecified atom stereocenters. The Morgan fingerprint density at radius 1 is 1.30 bits per heavy atom. The van der Waals surface area contributed by atoms with Crippen molar-refractivity contribution in [2.45, 2.75) is 6.92 Å². The van der Waals surface area contributed by atoms with Crippen molar-refractivity contribution in [3.05, 3.63) is 47.8 Å². The highest BCUT2D eigenvalue weighted by Crippen LogP contribution is 2.22. The number of rotatable bonds is 5. The van der Waals surface area contributed by atoms with Crippen LogP contribution in [0.3, 0.4) is 0 Å². The maximum Gasteiger partial charge on any atom is 0.255 e. The Kier molecular flexibility index (Phi) is 4.20. The number of nitrogens with zero attached hydrogens (tertiary/aromatic N) is 2. The molecule has 0 radical (unpaired) electrons. The van der Waals surface area contributed by atoms with Crippen LogP contribution in [0.4, 0.5) is 11.5 Å². The van der Waals surface area contributed by atoms with E-state index in [0.717, 1.165) is 22.3 Å². The number of carbonyl (C=O) groups excluding carboxylic acids is 1. The molecule has 0 aliphatic rings. The van der Waals surface area contributed by atoms with E-state index in [4.69, 9.17) is 5.11 Å². The molecule has 0 bridgehead atoms. The zero-order chi connectivity index (χ0) is 16.2. The molecule has 3 rings (SSSR count). The largest absolute Gasteiger partial charge is 0.395 e. The van der Waals surface area contributed by atoms with Crippen LogP contribution in [0.1, 0.15) is 16.1 Å². The molecule has 118 valence electrons. The van der Waals surface area contributed by atoms with Crippen LogP contribution in [0.15, 0.2) is 36.5 Å². The molecule has 0 fully saturated rings. The summed E-state index contributed by atoms with van der Waals surface area (Å²) in [6, 6.07) is 9.23. The van der Waals surface area contributed by atoms with E-state index in [1.807, 2.05) is 25.1 Å². The molecule has 7 nitrogen and oxygen atoms in total. The van der Waals surface area contributed by atoms with Gasteiger partial charge in [-0.1, -0.05) is 0 Å². The predicted octanol–water partition coefficient (Wildman–Crippen LogP) is 1.73. The summed E-state index contributed by atoms with van der Waals surface area (Å²) in [6.45, 7) is 1.95. The minimum Gasteiger partial charge on any atom is -0.395 e. The summed E-state index contributed by atoms with van der Waals surface area (Å²) in [5, 5.41) is 22.5. The zero-order valence-electron chi connectivity index (χ0n) is 12.6. The normalized spacial score (nSPS) is 10.7. The highest BCUT2D eigenvalue weighted by atomic mass is 16.3. The van der Waals surface area contributed by atoms with Crippen molar-refractivity contribution in [1.29, 1.82) is 0 Å². The first kappa shape index (κ1) is 15.0. The number of nitrogens with one attached hydrogen (secondary N) is 3. The van der Waals surface area contributed by atoms with E-state index in [-0.39, 0.29) is 19.1 Å². The molecule has 1 amide bonds. The third kappa shape index (κ3) is 3.29. The van der Waals surface area contributed by atoms with Gasteiger partial charge in [0, 0.05) is 23.3 Å². The lowest BCUT2D eigenvalue weighted by Crippen LogP contribution is -2.27. The van der Waals surface area contributed by atoms with Crippen molar-refractivity contribution in [2.24, 2.45) is 0 Å². The van der Waals surface area contributed by atoms with E-state index >= 15 is 0 Å². The lowest BCUT2D eigenvalue weighted by Gasteiger charge is -2.12. The number of aromatic nitrogens is 3. The van der Waals surface area contributed by atoms with Crippen molar-refractivity contribution in [3.63, 3.8) is 0 Å². The Labute approximate surface area is 132 Å². The topological polar surface area (TPSA) is 103 Å². The van der Waals surface area contributed by atoms with Gasteiger partial charge in [-0.15, -0.1) is 0 Å². The van der Waals surface area contributed by atoms with Gasteiger partial charge in [0.25, 0.3) is 5.91 Å². The second-order valence-electron chi connectivity index (χ2n) is 5.13. The summed E-state index contributed by atoms with van der Waals surface area (Å²) in [7, 11) is 0. The number of hydrogen-bond donors (Lipinski definition) is 4. The van der Waals surface area contributed by atoms with Crippen molar-refractivity contribution >= 4 is 28.3 Å². The number of aromatic amines is 1. The number of amides is 1. The van der Waals surface area contributed by atoms with E-state index in [2.05, 4.69) is 25.8 Å². The summed E-state index contributed by atoms with van der Waals surface area (Å²) >= 11 is 0. The number of hydrogen-bond acceptors (Lipinski definition) is 5. The van der Waals surface area contributed by atoms with Gasteiger partial charge in [0.05, 0.1) is 23.9 Å². The Morgan fingerprint density at radius 3 is 3.00 bits per heavy atom. The molecule has 0 spiro atoms. The number of H-pyrrole nitrogens is 1. The van der Waals surface area contributed by atoms with E-state index in [1.165, 1.54) is 0 Å². The van der Waals surface area contributed by atoms with Crippen LogP contribution in [0.25, 0.3) is 10.9 Å². The number of carbonyl (C=O) groups is 1. The van der Waals surface area contributed by atoms with Crippen molar-refractivity contribution in [2.75, 3.05) is 18.5 Å². The predicted molar refractivity (Wildman–Crippen MR) is 87.8 cm³/mol. The van der Waals surface area contributed by atoms with Gasteiger partial charge in [-0.2, -0.15) is 5.10 Å². The second-order valence-corrected chi connectivity index (χ2v) is 5.13. The molecule has 7 heteroatoms. The first-order chi connectivity index (χ1) is 11.2. The third-order valence-corrected chi connectivity index (χ3v) is 3.38. The molecule has 2 aromatic heterocycles. The van der Waals surface area contributed by atoms with Crippen LogP contribution >= 0.6 is 0 Å². The highest BCUT2D eigenvalue weighted by Gasteiger charge is 2.13. The van der Waals surface area contributed by atoms with E-state index in [1.54, 1.807) is 18.3 Å². The first-order valence-electron chi connectivity index (χ1n) is 7.24. The van der Waals surface area contributed by atoms with Gasteiger partial charge in [-0.3, -0.25) is 9.89 Å². The van der Waals surface area contributed by atoms with E-state index < -0.39 is 0 Å². The molecule has 1 aromatic carbocycles. The average molecular weight is 311 g/mol. The minimum atomic E-state index is -0.281. The van der Waals surface area contributed by atoms with Crippen molar-refractivity contribution in [1.82, 2.24) is 20.5 Å². The second kappa shape index (κ2) is 6.45. The first-order valence-corrected chi connectivity index (χ1v) is 7.24. The lowest BCUT2D eigenvalue weighted by atomic mass is 10.2. The van der Waals surface area contributed by atoms with Crippen molar-refractivity contribution in [3.8, 4) is 0 Å². The number of benzene rings is 1. The standard InChI is InChI=1S/C16H17N5O2/c1-10-2-5-13(16(23)17-6-7-22)15(19-10)20-12-4-3-11-9-18-21-14(11)8-12/h2-5,8-9,22H,6-7H2,1H3,(H,17,23)(H,18,21)(H,19,20). The van der Waals surface area contributed by atoms with E-state index in [0.29, 0.717) is 11.4 Å². The fraction of sp³-hybridized carbons (Fsp3) is 0.188. The molecule has 4 N–H and O–H groups in total. The Hall–Kier alpha value is -2.93. The van der Waals surface area contributed by atoms with Crippen LogP contribution in [0.2, 0.25) is 0 Å². The summed E-state index contributed by atoms with van der Waals surface area (Å²) in [4.78, 5) is 16.6. The van der Waals surface area contributed by atoms with Crippen LogP contribution in [0.5, 0.6) is 0 Å². The maximum absolute atomic E-state index is 12.2. The summed E-state index contributed by atoms with van der Waals surface area (Å²) < 4.78 is 0. The quantitative estimate of drug-likeness (QED) is 0.574. The van der Waals surface area contributed by atoms with E-state index in [9.17, 15) is 4.79 Å². The Balaban J connectivity index is 1.91. The smallest absolute Gasteiger partial charge is 0.255 e. The number of pyridine rings is 1. The highest BCUT2D eigenvalue weighted by molar-refractivity contribution is 5.99. The molecular weight excluding hydrogens is 294 g/mol. The molecule has 0 saturated carbocycles. The number of anilines is 2. The zero-order valence-corrected chi connectivity index (χ0v) is 12.6. The molecular formula is C16H17N5O2. The third-order valence-electron chi connectivity index (χ3n) is 3.38. The van der Waals surface area contributed by atoms with Gasteiger partial charge in [-0.05, 0) is 37.3 Å². The van der Waals surface area contributed by atoms with Crippen LogP contribution in [0, 0.1) is 6.92 Å². The molecule has 2 heterocycles. The number of fused-ring (bicyclic) bond motifs is 1. The maximum atomic E-state index is 12.2. The van der Waals surface area contributed by atoms with Crippen LogP contribution in [-0.4, -0.2) is 39.3 Å². The monoisotopic (exact) mass is 311 g/mol. The molecule has 23 heavy (non-hydrogen) atoms. The molecule has 0 atom stereocenters. The average Bonchev–Trinajstić information content (AvgIpc) is 3.00. The van der Waals surface area contributed by atoms with Gasteiger partial charge < -0.3 is 15.7 Å². The number of aryl methyl sites for hydroxylation is 1. The van der Waals surface area contributed by atoms with Gasteiger partial charge in [0.1, 0.15) is 5.82 Å². The van der Waals surface area contributed by atoms with Gasteiger partial charge in [0.2, 0.25) is 0 Å². The van der Waals surface area contributed by atoms with Gasteiger partial charge >= 0.3 is 0 Å². The molecule has 0 saturated heterocycles. The summed E-state index contributed by atoms with van der Waals surface area (Å²) in [5.74, 6) is 0.191. The molecule has 0 aliphatic carbocycles. The molecule has 3 aromatic rings. The summed E-state index contributed by atoms with van der Waals surface area (Å²) in [6.07, 6.45) is 1.75. The Bertz CT molecular complexity index is 843. The molecule has 0 aliphatic heterocycles. The van der Waals surface area contributed by atoms with Crippen molar-refractivity contribution < 1.29 is 9.90 Å².